The molecular weight excluding hydrogens is 354 g/mol. The van der Waals surface area contributed by atoms with Crippen LogP contribution >= 0.6 is 0 Å². The topological polar surface area (TPSA) is 82.5 Å². The van der Waals surface area contributed by atoms with Crippen molar-refractivity contribution in [1.29, 1.82) is 0 Å². The molecule has 1 N–H and O–H groups in total. The Kier molecular flexibility index (Phi) is 4.65. The molecule has 0 aliphatic carbocycles. The van der Waals surface area contributed by atoms with Crippen LogP contribution in [0.25, 0.3) is 11.5 Å². The molecule has 1 aliphatic heterocycles. The van der Waals surface area contributed by atoms with Crippen molar-refractivity contribution in [3.63, 3.8) is 0 Å². The summed E-state index contributed by atoms with van der Waals surface area (Å²) in [4.78, 5) is 30.4. The largest absolute Gasteiger partial charge is 0.507 e. The predicted octanol–water partition coefficient (Wildman–Crippen LogP) is 2.51. The number of aromatic nitrogens is 3. The lowest BCUT2D eigenvalue weighted by molar-refractivity contribution is 0.0729. The van der Waals surface area contributed by atoms with Crippen LogP contribution in [0.15, 0.2) is 48.7 Å². The third kappa shape index (κ3) is 3.26. The first-order valence-corrected chi connectivity index (χ1v) is 9.10. The summed E-state index contributed by atoms with van der Waals surface area (Å²) in [6.45, 7) is 0.916. The van der Waals surface area contributed by atoms with E-state index in [0.717, 1.165) is 17.1 Å². The zero-order valence-corrected chi connectivity index (χ0v) is 15.8. The van der Waals surface area contributed by atoms with Gasteiger partial charge in [-0.05, 0) is 30.7 Å². The van der Waals surface area contributed by atoms with E-state index >= 15 is 0 Å². The molecule has 4 rings (SSSR count). The van der Waals surface area contributed by atoms with Crippen LogP contribution in [-0.2, 0) is 13.0 Å². The summed E-state index contributed by atoms with van der Waals surface area (Å²) >= 11 is 0. The predicted molar refractivity (Wildman–Crippen MR) is 106 cm³/mol. The van der Waals surface area contributed by atoms with Gasteiger partial charge < -0.3 is 14.9 Å². The average molecular weight is 375 g/mol. The van der Waals surface area contributed by atoms with Crippen LogP contribution in [0.5, 0.6) is 5.75 Å². The second-order valence-electron chi connectivity index (χ2n) is 6.90. The molecule has 3 heterocycles. The first-order chi connectivity index (χ1) is 13.5. The van der Waals surface area contributed by atoms with Gasteiger partial charge in [-0.1, -0.05) is 18.2 Å². The maximum absolute atomic E-state index is 12.9. The molecule has 7 heteroatoms. The van der Waals surface area contributed by atoms with Gasteiger partial charge in [-0.25, -0.2) is 9.97 Å². The van der Waals surface area contributed by atoms with Crippen LogP contribution in [0.2, 0.25) is 0 Å². The molecule has 0 saturated heterocycles. The highest BCUT2D eigenvalue weighted by Gasteiger charge is 2.28. The summed E-state index contributed by atoms with van der Waals surface area (Å²) in [7, 11) is 3.90. The molecule has 1 aliphatic rings. The zero-order chi connectivity index (χ0) is 19.7. The summed E-state index contributed by atoms with van der Waals surface area (Å²) in [6, 6.07) is 12.2. The third-order valence-corrected chi connectivity index (χ3v) is 4.78. The van der Waals surface area contributed by atoms with E-state index < -0.39 is 0 Å². The van der Waals surface area contributed by atoms with E-state index in [1.807, 2.05) is 37.2 Å². The Morgan fingerprint density at radius 2 is 1.89 bits per heavy atom. The lowest BCUT2D eigenvalue weighted by Gasteiger charge is -2.30. The van der Waals surface area contributed by atoms with Gasteiger partial charge in [0.1, 0.15) is 17.3 Å². The molecule has 0 unspecified atom stereocenters. The van der Waals surface area contributed by atoms with Crippen molar-refractivity contribution >= 4 is 11.7 Å². The molecule has 1 amide bonds. The number of hydrogen-bond donors (Lipinski definition) is 1. The van der Waals surface area contributed by atoms with Crippen molar-refractivity contribution < 1.29 is 9.90 Å². The van der Waals surface area contributed by atoms with Crippen LogP contribution in [0, 0.1) is 0 Å². The van der Waals surface area contributed by atoms with Gasteiger partial charge in [-0.3, -0.25) is 9.78 Å². The number of aromatic hydroxyl groups is 1. The zero-order valence-electron chi connectivity index (χ0n) is 15.8. The van der Waals surface area contributed by atoms with E-state index in [9.17, 15) is 9.90 Å². The van der Waals surface area contributed by atoms with Crippen LogP contribution in [0.3, 0.4) is 0 Å². The fourth-order valence-corrected chi connectivity index (χ4v) is 3.39. The summed E-state index contributed by atoms with van der Waals surface area (Å²) in [5, 5.41) is 10.0. The second kappa shape index (κ2) is 7.26. The molecule has 28 heavy (non-hydrogen) atoms. The highest BCUT2D eigenvalue weighted by atomic mass is 16.3. The number of carbonyl (C=O) groups excluding carboxylic acids is 1. The molecular formula is C21H21N5O2. The number of nitrogens with zero attached hydrogens (tertiary/aromatic N) is 5. The Balaban J connectivity index is 1.72. The van der Waals surface area contributed by atoms with Gasteiger partial charge in [-0.2, -0.15) is 0 Å². The second-order valence-corrected chi connectivity index (χ2v) is 6.90. The van der Waals surface area contributed by atoms with Gasteiger partial charge in [0.2, 0.25) is 0 Å². The first kappa shape index (κ1) is 17.9. The summed E-state index contributed by atoms with van der Waals surface area (Å²) < 4.78 is 0. The number of phenols is 1. The summed E-state index contributed by atoms with van der Waals surface area (Å²) in [5.74, 6) is 1.18. The van der Waals surface area contributed by atoms with Gasteiger partial charge in [-0.15, -0.1) is 0 Å². The molecule has 0 bridgehead atoms. The number of hydrogen-bond acceptors (Lipinski definition) is 6. The van der Waals surface area contributed by atoms with E-state index in [2.05, 4.69) is 4.98 Å². The molecule has 3 aromatic rings. The van der Waals surface area contributed by atoms with Gasteiger partial charge in [0.25, 0.3) is 5.91 Å². The maximum Gasteiger partial charge on any atom is 0.257 e. The van der Waals surface area contributed by atoms with Gasteiger partial charge in [0.15, 0.2) is 5.82 Å². The van der Waals surface area contributed by atoms with Crippen LogP contribution in [-0.4, -0.2) is 51.5 Å². The molecule has 0 spiro atoms. The van der Waals surface area contributed by atoms with Crippen molar-refractivity contribution in [2.75, 3.05) is 25.5 Å². The Hall–Kier alpha value is -3.48. The van der Waals surface area contributed by atoms with E-state index in [4.69, 9.17) is 9.97 Å². The van der Waals surface area contributed by atoms with E-state index in [1.54, 1.807) is 29.3 Å². The molecule has 142 valence electrons. The molecule has 7 nitrogen and oxygen atoms in total. The lowest BCUT2D eigenvalue weighted by atomic mass is 10.0. The molecule has 2 aromatic heterocycles. The third-order valence-electron chi connectivity index (χ3n) is 4.78. The molecule has 1 aromatic carbocycles. The smallest absolute Gasteiger partial charge is 0.257 e. The fraction of sp³-hybridized carbons (Fsp3) is 0.238. The van der Waals surface area contributed by atoms with E-state index in [-0.39, 0.29) is 11.7 Å². The minimum atomic E-state index is -0.201. The van der Waals surface area contributed by atoms with Crippen LogP contribution in [0.1, 0.15) is 21.6 Å². The SMILES string of the molecule is CN(C)c1nc(-c2ccccn2)nc2c1CCN(C(=O)c1ccccc1O)C2. The number of phenolic OH excluding ortho intramolecular Hbond substituents is 1. The average Bonchev–Trinajstić information content (AvgIpc) is 2.73. The normalized spacial score (nSPS) is 13.1. The van der Waals surface area contributed by atoms with Gasteiger partial charge >= 0.3 is 0 Å². The standard InChI is InChI=1S/C21H21N5O2/c1-25(2)20-14-10-12-26(21(28)15-7-3-4-9-18(15)27)13-17(14)23-19(24-20)16-8-5-6-11-22-16/h3-9,11,27H,10,12-13H2,1-2H3. The molecule has 0 radical (unpaired) electrons. The number of fused-ring (bicyclic) bond motifs is 1. The van der Waals surface area contributed by atoms with Gasteiger partial charge in [0.05, 0.1) is 17.8 Å². The van der Waals surface area contributed by atoms with Crippen molar-refractivity contribution in [2.24, 2.45) is 0 Å². The maximum atomic E-state index is 12.9. The number of benzene rings is 1. The number of pyridine rings is 1. The monoisotopic (exact) mass is 375 g/mol. The molecule has 0 atom stereocenters. The molecule has 0 fully saturated rings. The summed E-state index contributed by atoms with van der Waals surface area (Å²) in [5.41, 5.74) is 2.86. The Morgan fingerprint density at radius 1 is 1.11 bits per heavy atom. The summed E-state index contributed by atoms with van der Waals surface area (Å²) in [6.07, 6.45) is 2.37. The first-order valence-electron chi connectivity index (χ1n) is 9.10. The van der Waals surface area contributed by atoms with Crippen molar-refractivity contribution in [1.82, 2.24) is 19.9 Å². The van der Waals surface area contributed by atoms with Gasteiger partial charge in [0, 0.05) is 32.4 Å². The van der Waals surface area contributed by atoms with Crippen LogP contribution < -0.4 is 4.90 Å². The highest BCUT2D eigenvalue weighted by molar-refractivity contribution is 5.96. The van der Waals surface area contributed by atoms with Crippen molar-refractivity contribution in [3.05, 3.63) is 65.5 Å². The quantitative estimate of drug-likeness (QED) is 0.757. The number of para-hydroxylation sites is 1. The minimum Gasteiger partial charge on any atom is -0.507 e. The lowest BCUT2D eigenvalue weighted by Crippen LogP contribution is -2.37. The van der Waals surface area contributed by atoms with E-state index in [1.165, 1.54) is 6.07 Å². The number of anilines is 1. The minimum absolute atomic E-state index is 0.0101. The van der Waals surface area contributed by atoms with Crippen molar-refractivity contribution in [2.45, 2.75) is 13.0 Å². The Bertz CT molecular complexity index is 1020. The number of rotatable bonds is 3. The highest BCUT2D eigenvalue weighted by Crippen LogP contribution is 2.29. The number of amides is 1. The molecule has 0 saturated carbocycles. The fourth-order valence-electron chi connectivity index (χ4n) is 3.39. The van der Waals surface area contributed by atoms with Crippen molar-refractivity contribution in [3.8, 4) is 17.3 Å². The Labute approximate surface area is 163 Å². The van der Waals surface area contributed by atoms with Crippen LogP contribution in [0.4, 0.5) is 5.82 Å². The van der Waals surface area contributed by atoms with E-state index in [0.29, 0.717) is 36.6 Å². The Morgan fingerprint density at radius 3 is 2.61 bits per heavy atom. The number of carbonyl (C=O) groups is 1.